The minimum atomic E-state index is -0.374. The smallest absolute Gasteiger partial charge is 0.161 e. The summed E-state index contributed by atoms with van der Waals surface area (Å²) in [6.07, 6.45) is 1.67. The van der Waals surface area contributed by atoms with E-state index < -0.39 is 0 Å². The van der Waals surface area contributed by atoms with Crippen LogP contribution in [0.5, 0.6) is 0 Å². The maximum absolute atomic E-state index is 14.1. The van der Waals surface area contributed by atoms with E-state index >= 15 is 0 Å². The molecule has 98 valence electrons. The summed E-state index contributed by atoms with van der Waals surface area (Å²) in [7, 11) is 0. The van der Waals surface area contributed by atoms with Crippen molar-refractivity contribution < 1.29 is 9.18 Å². The van der Waals surface area contributed by atoms with Crippen molar-refractivity contribution >= 4 is 11.5 Å². The van der Waals surface area contributed by atoms with Crippen LogP contribution in [0.1, 0.15) is 23.1 Å². The highest BCUT2D eigenvalue weighted by molar-refractivity contribution is 5.99. The quantitative estimate of drug-likeness (QED) is 0.770. The van der Waals surface area contributed by atoms with E-state index in [0.717, 1.165) is 5.82 Å². The molecule has 1 aliphatic rings. The molecule has 0 N–H and O–H groups in total. The fourth-order valence-corrected chi connectivity index (χ4v) is 2.38. The van der Waals surface area contributed by atoms with Crippen LogP contribution in [-0.2, 0) is 13.1 Å². The van der Waals surface area contributed by atoms with Crippen LogP contribution < -0.4 is 4.90 Å². The van der Waals surface area contributed by atoms with Gasteiger partial charge in [0.25, 0.3) is 0 Å². The molecule has 2 aromatic rings. The molecule has 3 rings (SSSR count). The molecule has 0 fully saturated rings. The van der Waals surface area contributed by atoms with Crippen molar-refractivity contribution in [3.05, 3.63) is 41.7 Å². The number of Topliss-reactive ketones (excluding diaryl/α,β-unsaturated/α-hetero) is 1. The molecule has 1 aromatic heterocycles. The second-order valence-electron chi connectivity index (χ2n) is 4.55. The Kier molecular flexibility index (Phi) is 2.77. The minimum absolute atomic E-state index is 0.137. The number of carbonyl (C=O) groups excluding carboxylic acids is 1. The number of benzene rings is 1. The summed E-state index contributed by atoms with van der Waals surface area (Å²) in [4.78, 5) is 13.5. The largest absolute Gasteiger partial charge is 0.359 e. The molecule has 5 nitrogen and oxygen atoms in total. The van der Waals surface area contributed by atoms with Crippen molar-refractivity contribution in [2.24, 2.45) is 0 Å². The highest BCUT2D eigenvalue weighted by Crippen LogP contribution is 2.27. The van der Waals surface area contributed by atoms with Crippen LogP contribution >= 0.6 is 0 Å². The second kappa shape index (κ2) is 4.46. The average Bonchev–Trinajstić information content (AvgIpc) is 2.85. The van der Waals surface area contributed by atoms with Crippen molar-refractivity contribution in [3.8, 4) is 0 Å². The van der Waals surface area contributed by atoms with Crippen LogP contribution in [0, 0.1) is 5.82 Å². The number of fused-ring (bicyclic) bond motifs is 1. The van der Waals surface area contributed by atoms with Crippen LogP contribution in [-0.4, -0.2) is 27.1 Å². The molecule has 2 heterocycles. The summed E-state index contributed by atoms with van der Waals surface area (Å²) in [5.41, 5.74) is 0.775. The molecule has 0 amide bonds. The highest BCUT2D eigenvalue weighted by Gasteiger charge is 2.23. The van der Waals surface area contributed by atoms with Gasteiger partial charge in [0.1, 0.15) is 12.1 Å². The van der Waals surface area contributed by atoms with Crippen molar-refractivity contribution in [3.63, 3.8) is 0 Å². The predicted octanol–water partition coefficient (Wildman–Crippen LogP) is 1.64. The number of rotatable bonds is 2. The molecule has 0 bridgehead atoms. The first-order chi connectivity index (χ1) is 9.16. The first-order valence-electron chi connectivity index (χ1n) is 6.08. The van der Waals surface area contributed by atoms with Crippen molar-refractivity contribution in [1.29, 1.82) is 0 Å². The standard InChI is InChI=1S/C13H13FN4O/c1-9(19)10-3-2-4-11(14)13(10)17-5-6-18-8-15-16-12(18)7-17/h2-4,8H,5-7H2,1H3. The molecule has 0 unspecified atom stereocenters. The molecule has 6 heteroatoms. The third-order valence-corrected chi connectivity index (χ3v) is 3.32. The fourth-order valence-electron chi connectivity index (χ4n) is 2.38. The van der Waals surface area contributed by atoms with Gasteiger partial charge >= 0.3 is 0 Å². The molecule has 0 saturated heterocycles. The van der Waals surface area contributed by atoms with Gasteiger partial charge in [0.2, 0.25) is 0 Å². The zero-order valence-electron chi connectivity index (χ0n) is 10.5. The molecule has 1 aliphatic heterocycles. The zero-order valence-corrected chi connectivity index (χ0v) is 10.5. The van der Waals surface area contributed by atoms with E-state index in [1.807, 2.05) is 9.47 Å². The maximum atomic E-state index is 14.1. The minimum Gasteiger partial charge on any atom is -0.359 e. The van der Waals surface area contributed by atoms with E-state index in [4.69, 9.17) is 0 Å². The SMILES string of the molecule is CC(=O)c1cccc(F)c1N1CCn2cnnc2C1. The van der Waals surface area contributed by atoms with E-state index in [1.165, 1.54) is 13.0 Å². The molecule has 19 heavy (non-hydrogen) atoms. The summed E-state index contributed by atoms with van der Waals surface area (Å²) in [5.74, 6) is 0.270. The lowest BCUT2D eigenvalue weighted by molar-refractivity contribution is 0.101. The maximum Gasteiger partial charge on any atom is 0.161 e. The molecule has 0 spiro atoms. The van der Waals surface area contributed by atoms with E-state index in [1.54, 1.807) is 18.5 Å². The van der Waals surface area contributed by atoms with Gasteiger partial charge in [-0.05, 0) is 19.1 Å². The summed E-state index contributed by atoms with van der Waals surface area (Å²) in [6.45, 7) is 3.23. The normalized spacial score (nSPS) is 14.3. The number of aromatic nitrogens is 3. The Balaban J connectivity index is 2.02. The van der Waals surface area contributed by atoms with E-state index in [9.17, 15) is 9.18 Å². The van der Waals surface area contributed by atoms with E-state index in [0.29, 0.717) is 30.9 Å². The lowest BCUT2D eigenvalue weighted by Gasteiger charge is -2.30. The summed E-state index contributed by atoms with van der Waals surface area (Å²) in [6, 6.07) is 4.59. The molecule has 0 saturated carbocycles. The van der Waals surface area contributed by atoms with Gasteiger partial charge in [-0.2, -0.15) is 0 Å². The Bertz CT molecular complexity index is 637. The molecule has 0 aliphatic carbocycles. The number of para-hydroxylation sites is 1. The van der Waals surface area contributed by atoms with Gasteiger partial charge in [-0.25, -0.2) is 4.39 Å². The monoisotopic (exact) mass is 260 g/mol. The van der Waals surface area contributed by atoms with E-state index in [-0.39, 0.29) is 11.6 Å². The van der Waals surface area contributed by atoms with Crippen LogP contribution in [0.15, 0.2) is 24.5 Å². The summed E-state index contributed by atoms with van der Waals surface area (Å²) >= 11 is 0. The number of halogens is 1. The average molecular weight is 260 g/mol. The Labute approximate surface area is 109 Å². The summed E-state index contributed by atoms with van der Waals surface area (Å²) in [5, 5.41) is 7.84. The first kappa shape index (κ1) is 11.8. The molecule has 0 atom stereocenters. The number of hydrogen-bond acceptors (Lipinski definition) is 4. The Hall–Kier alpha value is -2.24. The number of nitrogens with zero attached hydrogens (tertiary/aromatic N) is 4. The lowest BCUT2D eigenvalue weighted by atomic mass is 10.1. The number of anilines is 1. The molecule has 0 radical (unpaired) electrons. The zero-order chi connectivity index (χ0) is 13.4. The van der Waals surface area contributed by atoms with Gasteiger partial charge in [0.15, 0.2) is 11.6 Å². The van der Waals surface area contributed by atoms with E-state index in [2.05, 4.69) is 10.2 Å². The topological polar surface area (TPSA) is 51.0 Å². The van der Waals surface area contributed by atoms with Crippen LogP contribution in [0.25, 0.3) is 0 Å². The predicted molar refractivity (Wildman–Crippen MR) is 67.5 cm³/mol. The second-order valence-corrected chi connectivity index (χ2v) is 4.55. The third-order valence-electron chi connectivity index (χ3n) is 3.32. The number of carbonyl (C=O) groups is 1. The fraction of sp³-hybridized carbons (Fsp3) is 0.308. The Morgan fingerprint density at radius 1 is 1.37 bits per heavy atom. The Morgan fingerprint density at radius 2 is 2.21 bits per heavy atom. The van der Waals surface area contributed by atoms with Gasteiger partial charge in [0.05, 0.1) is 12.2 Å². The molecule has 1 aromatic carbocycles. The van der Waals surface area contributed by atoms with Gasteiger partial charge in [0, 0.05) is 18.7 Å². The van der Waals surface area contributed by atoms with Crippen LogP contribution in [0.4, 0.5) is 10.1 Å². The van der Waals surface area contributed by atoms with Gasteiger partial charge in [-0.3, -0.25) is 4.79 Å². The summed E-state index contributed by atoms with van der Waals surface area (Å²) < 4.78 is 16.0. The number of ketones is 1. The third kappa shape index (κ3) is 1.99. The van der Waals surface area contributed by atoms with Crippen molar-refractivity contribution in [1.82, 2.24) is 14.8 Å². The highest BCUT2D eigenvalue weighted by atomic mass is 19.1. The van der Waals surface area contributed by atoms with Crippen LogP contribution in [0.3, 0.4) is 0 Å². The molecular formula is C13H13FN4O. The van der Waals surface area contributed by atoms with Crippen LogP contribution in [0.2, 0.25) is 0 Å². The number of hydrogen-bond donors (Lipinski definition) is 0. The van der Waals surface area contributed by atoms with Crippen molar-refractivity contribution in [2.75, 3.05) is 11.4 Å². The van der Waals surface area contributed by atoms with Crippen molar-refractivity contribution in [2.45, 2.75) is 20.0 Å². The van der Waals surface area contributed by atoms with Gasteiger partial charge in [-0.15, -0.1) is 10.2 Å². The lowest BCUT2D eigenvalue weighted by Crippen LogP contribution is -2.35. The van der Waals surface area contributed by atoms with Gasteiger partial charge in [-0.1, -0.05) is 6.07 Å². The van der Waals surface area contributed by atoms with Gasteiger partial charge < -0.3 is 9.47 Å². The first-order valence-corrected chi connectivity index (χ1v) is 6.08. The molecular weight excluding hydrogens is 247 g/mol. The Morgan fingerprint density at radius 3 is 3.00 bits per heavy atom.